The van der Waals surface area contributed by atoms with Crippen molar-refractivity contribution < 1.29 is 19.4 Å². The molecule has 0 saturated carbocycles. The molecule has 1 amide bonds. The van der Waals surface area contributed by atoms with E-state index in [1.165, 1.54) is 6.92 Å². The van der Waals surface area contributed by atoms with Gasteiger partial charge in [-0.25, -0.2) is 0 Å². The Morgan fingerprint density at radius 3 is 2.36 bits per heavy atom. The number of hydrogen-bond donors (Lipinski definition) is 2. The maximum Gasteiger partial charge on any atom is 0.318 e. The fourth-order valence-corrected chi connectivity index (χ4v) is 0.858. The normalized spacial score (nSPS) is 14.7. The third-order valence-electron chi connectivity index (χ3n) is 2.11. The van der Waals surface area contributed by atoms with Crippen LogP contribution in [0, 0.1) is 5.41 Å². The highest BCUT2D eigenvalue weighted by molar-refractivity contribution is 6.00. The number of aliphatic carboxylic acids is 1. The molecule has 0 aliphatic carbocycles. The second kappa shape index (κ2) is 5.59. The van der Waals surface area contributed by atoms with Crippen molar-refractivity contribution in [2.45, 2.75) is 26.7 Å². The number of hydrogen-bond acceptors (Lipinski definition) is 3. The summed E-state index contributed by atoms with van der Waals surface area (Å²) in [4.78, 5) is 21.7. The number of carbonyl (C=O) groups is 2. The summed E-state index contributed by atoms with van der Waals surface area (Å²) in [5, 5.41) is 8.80. The molecule has 1 atom stereocenters. The minimum absolute atomic E-state index is 0.109. The van der Waals surface area contributed by atoms with Gasteiger partial charge >= 0.3 is 5.97 Å². The SMILES string of the molecule is CCCOCCC(C)(C(N)=O)C(=O)O. The van der Waals surface area contributed by atoms with Gasteiger partial charge in [0, 0.05) is 13.2 Å². The third kappa shape index (κ3) is 3.33. The first-order valence-corrected chi connectivity index (χ1v) is 4.56. The summed E-state index contributed by atoms with van der Waals surface area (Å²) in [6, 6.07) is 0. The first kappa shape index (κ1) is 12.9. The maximum absolute atomic E-state index is 10.9. The van der Waals surface area contributed by atoms with Gasteiger partial charge in [-0.3, -0.25) is 9.59 Å². The number of ether oxygens (including phenoxy) is 1. The van der Waals surface area contributed by atoms with Crippen molar-refractivity contribution in [2.24, 2.45) is 11.1 Å². The summed E-state index contributed by atoms with van der Waals surface area (Å²) in [6.45, 7) is 4.06. The lowest BCUT2D eigenvalue weighted by Crippen LogP contribution is -2.42. The Balaban J connectivity index is 4.12. The van der Waals surface area contributed by atoms with E-state index in [2.05, 4.69) is 0 Å². The zero-order chi connectivity index (χ0) is 11.2. The average molecular weight is 203 g/mol. The van der Waals surface area contributed by atoms with Crippen LogP contribution in [-0.4, -0.2) is 30.2 Å². The summed E-state index contributed by atoms with van der Waals surface area (Å²) in [7, 11) is 0. The second-order valence-electron chi connectivity index (χ2n) is 3.36. The molecule has 82 valence electrons. The van der Waals surface area contributed by atoms with E-state index in [0.717, 1.165) is 6.42 Å². The van der Waals surface area contributed by atoms with Crippen molar-refractivity contribution >= 4 is 11.9 Å². The molecule has 0 saturated heterocycles. The standard InChI is InChI=1S/C9H17NO4/c1-3-5-14-6-4-9(2,7(10)11)8(12)13/h3-6H2,1-2H3,(H2,10,11)(H,12,13). The van der Waals surface area contributed by atoms with E-state index in [1.54, 1.807) is 0 Å². The number of rotatable bonds is 7. The van der Waals surface area contributed by atoms with Gasteiger partial charge < -0.3 is 15.6 Å². The van der Waals surface area contributed by atoms with Crippen LogP contribution in [0.3, 0.4) is 0 Å². The van der Waals surface area contributed by atoms with Crippen LogP contribution >= 0.6 is 0 Å². The van der Waals surface area contributed by atoms with Crippen molar-refractivity contribution in [1.82, 2.24) is 0 Å². The molecular formula is C9H17NO4. The Hall–Kier alpha value is -1.10. The lowest BCUT2D eigenvalue weighted by Gasteiger charge is -2.20. The van der Waals surface area contributed by atoms with Crippen molar-refractivity contribution in [1.29, 1.82) is 0 Å². The van der Waals surface area contributed by atoms with E-state index in [1.807, 2.05) is 6.92 Å². The van der Waals surface area contributed by atoms with Gasteiger partial charge in [-0.1, -0.05) is 6.92 Å². The molecule has 5 heteroatoms. The zero-order valence-corrected chi connectivity index (χ0v) is 8.58. The Kier molecular flexibility index (Phi) is 5.15. The van der Waals surface area contributed by atoms with Gasteiger partial charge in [0.25, 0.3) is 0 Å². The van der Waals surface area contributed by atoms with Crippen LogP contribution in [0.25, 0.3) is 0 Å². The maximum atomic E-state index is 10.9. The number of amides is 1. The van der Waals surface area contributed by atoms with Gasteiger partial charge in [-0.15, -0.1) is 0 Å². The third-order valence-corrected chi connectivity index (χ3v) is 2.11. The van der Waals surface area contributed by atoms with Crippen molar-refractivity contribution in [3.05, 3.63) is 0 Å². The van der Waals surface area contributed by atoms with Gasteiger partial charge in [-0.2, -0.15) is 0 Å². The molecule has 0 spiro atoms. The predicted molar refractivity (Wildman–Crippen MR) is 50.7 cm³/mol. The Morgan fingerprint density at radius 2 is 2.00 bits per heavy atom. The van der Waals surface area contributed by atoms with Crippen LogP contribution in [0.5, 0.6) is 0 Å². The predicted octanol–water partition coefficient (Wildman–Crippen LogP) is 0.379. The first-order valence-electron chi connectivity index (χ1n) is 4.56. The van der Waals surface area contributed by atoms with Crippen LogP contribution in [0.2, 0.25) is 0 Å². The van der Waals surface area contributed by atoms with Crippen LogP contribution in [0.1, 0.15) is 26.7 Å². The van der Waals surface area contributed by atoms with Gasteiger partial charge in [0.2, 0.25) is 5.91 Å². The average Bonchev–Trinajstić information content (AvgIpc) is 2.11. The van der Waals surface area contributed by atoms with E-state index in [0.29, 0.717) is 6.61 Å². The first-order chi connectivity index (χ1) is 6.45. The Labute approximate surface area is 83.2 Å². The highest BCUT2D eigenvalue weighted by Crippen LogP contribution is 2.20. The van der Waals surface area contributed by atoms with Crippen molar-refractivity contribution in [3.63, 3.8) is 0 Å². The summed E-state index contributed by atoms with van der Waals surface area (Å²) in [6.07, 6.45) is 0.970. The topological polar surface area (TPSA) is 89.6 Å². The minimum Gasteiger partial charge on any atom is -0.480 e. The highest BCUT2D eigenvalue weighted by atomic mass is 16.5. The quantitative estimate of drug-likeness (QED) is 0.462. The number of carbonyl (C=O) groups excluding carboxylic acids is 1. The minimum atomic E-state index is -1.52. The molecule has 0 aliphatic rings. The number of nitrogens with two attached hydrogens (primary N) is 1. The van der Waals surface area contributed by atoms with Gasteiger partial charge in [0.05, 0.1) is 0 Å². The van der Waals surface area contributed by atoms with E-state index in [4.69, 9.17) is 15.6 Å². The van der Waals surface area contributed by atoms with E-state index in [-0.39, 0.29) is 13.0 Å². The highest BCUT2D eigenvalue weighted by Gasteiger charge is 2.39. The molecule has 3 N–H and O–H groups in total. The lowest BCUT2D eigenvalue weighted by atomic mass is 9.86. The van der Waals surface area contributed by atoms with Gasteiger partial charge in [0.1, 0.15) is 5.41 Å². The van der Waals surface area contributed by atoms with E-state index < -0.39 is 17.3 Å². The molecule has 0 bridgehead atoms. The summed E-state index contributed by atoms with van der Waals surface area (Å²) in [5.41, 5.74) is 3.49. The lowest BCUT2D eigenvalue weighted by molar-refractivity contribution is -0.154. The summed E-state index contributed by atoms with van der Waals surface area (Å²) in [5.74, 6) is -2.03. The molecule has 0 radical (unpaired) electrons. The molecule has 1 unspecified atom stereocenters. The van der Waals surface area contributed by atoms with Crippen LogP contribution < -0.4 is 5.73 Å². The number of carboxylic acids is 1. The molecule has 0 aromatic rings. The molecular weight excluding hydrogens is 186 g/mol. The summed E-state index contributed by atoms with van der Waals surface area (Å²) >= 11 is 0. The molecule has 0 heterocycles. The molecule has 5 nitrogen and oxygen atoms in total. The molecule has 14 heavy (non-hydrogen) atoms. The van der Waals surface area contributed by atoms with Gasteiger partial charge in [0.15, 0.2) is 0 Å². The van der Waals surface area contributed by atoms with Crippen molar-refractivity contribution in [2.75, 3.05) is 13.2 Å². The van der Waals surface area contributed by atoms with Crippen LogP contribution in [0.4, 0.5) is 0 Å². The van der Waals surface area contributed by atoms with Gasteiger partial charge in [-0.05, 0) is 19.8 Å². The molecule has 0 fully saturated rings. The summed E-state index contributed by atoms with van der Waals surface area (Å²) < 4.78 is 5.11. The van der Waals surface area contributed by atoms with E-state index >= 15 is 0 Å². The Morgan fingerprint density at radius 1 is 1.43 bits per heavy atom. The fourth-order valence-electron chi connectivity index (χ4n) is 0.858. The van der Waals surface area contributed by atoms with E-state index in [9.17, 15) is 9.59 Å². The largest absolute Gasteiger partial charge is 0.480 e. The second-order valence-corrected chi connectivity index (χ2v) is 3.36. The van der Waals surface area contributed by atoms with Crippen LogP contribution in [-0.2, 0) is 14.3 Å². The molecule has 0 aromatic carbocycles. The molecule has 0 rings (SSSR count). The molecule has 0 aromatic heterocycles. The van der Waals surface area contributed by atoms with Crippen molar-refractivity contribution in [3.8, 4) is 0 Å². The molecule has 0 aliphatic heterocycles. The number of carboxylic acid groups (broad SMARTS) is 1. The zero-order valence-electron chi connectivity index (χ0n) is 8.58. The Bertz CT molecular complexity index is 201. The number of primary amides is 1. The fraction of sp³-hybridized carbons (Fsp3) is 0.778. The van der Waals surface area contributed by atoms with Crippen LogP contribution in [0.15, 0.2) is 0 Å². The smallest absolute Gasteiger partial charge is 0.318 e. The monoisotopic (exact) mass is 203 g/mol.